The second-order valence-corrected chi connectivity index (χ2v) is 17.0. The van der Waals surface area contributed by atoms with Gasteiger partial charge in [-0.05, 0) is 79.3 Å². The predicted octanol–water partition coefficient (Wildman–Crippen LogP) is 3.81. The maximum absolute atomic E-state index is 13.8. The van der Waals surface area contributed by atoms with Crippen LogP contribution in [0, 0.1) is 0 Å². The van der Waals surface area contributed by atoms with Crippen molar-refractivity contribution in [3.05, 3.63) is 131 Å². The predicted molar refractivity (Wildman–Crippen MR) is 222 cm³/mol. The van der Waals surface area contributed by atoms with Gasteiger partial charge < -0.3 is 25.4 Å². The highest BCUT2D eigenvalue weighted by molar-refractivity contribution is 7.91. The SMILES string of the molecule is COc1ccc(CN2C(=O)CN(c3ccc(CC(NC(=O)C(Cc4ccccc4)NC(C)=O)C(=O)NCCc4ccc(CC(=O)OC(C)(C)C)cc4)cc3)S2(=O)=O)cc1. The molecule has 1 aliphatic rings. The normalized spacial score (nSPS) is 14.6. The maximum atomic E-state index is 13.8. The molecule has 0 radical (unpaired) electrons. The molecule has 4 aromatic carbocycles. The van der Waals surface area contributed by atoms with Crippen LogP contribution in [-0.2, 0) is 71.1 Å². The highest BCUT2D eigenvalue weighted by Gasteiger charge is 2.42. The number of esters is 1. The summed E-state index contributed by atoms with van der Waals surface area (Å²) in [6.45, 7) is 6.47. The van der Waals surface area contributed by atoms with E-state index in [9.17, 15) is 32.4 Å². The maximum Gasteiger partial charge on any atom is 0.329 e. The van der Waals surface area contributed by atoms with Gasteiger partial charge >= 0.3 is 16.2 Å². The molecule has 0 aliphatic carbocycles. The Hall–Kier alpha value is -6.22. The molecule has 1 fully saturated rings. The third-order valence-electron chi connectivity index (χ3n) is 9.38. The van der Waals surface area contributed by atoms with Crippen molar-refractivity contribution in [2.45, 2.75) is 77.6 Å². The fourth-order valence-electron chi connectivity index (χ4n) is 6.46. The van der Waals surface area contributed by atoms with Gasteiger partial charge in [0.05, 0.1) is 25.8 Å². The van der Waals surface area contributed by atoms with E-state index in [-0.39, 0.29) is 50.6 Å². The van der Waals surface area contributed by atoms with E-state index in [0.29, 0.717) is 23.3 Å². The van der Waals surface area contributed by atoms with Crippen molar-refractivity contribution in [2.75, 3.05) is 24.5 Å². The molecule has 0 aromatic heterocycles. The lowest BCUT2D eigenvalue weighted by Crippen LogP contribution is -2.55. The van der Waals surface area contributed by atoms with Gasteiger partial charge in [0, 0.05) is 26.3 Å². The topological polar surface area (TPSA) is 181 Å². The molecule has 1 heterocycles. The molecule has 2 atom stereocenters. The molecule has 0 bridgehead atoms. The van der Waals surface area contributed by atoms with Crippen molar-refractivity contribution in [1.29, 1.82) is 0 Å². The average Bonchev–Trinajstić information content (AvgIpc) is 3.41. The molecule has 3 N–H and O–H groups in total. The van der Waals surface area contributed by atoms with Crippen molar-refractivity contribution >= 4 is 45.5 Å². The van der Waals surface area contributed by atoms with Gasteiger partial charge in [0.15, 0.2) is 0 Å². The average molecular weight is 826 g/mol. The zero-order chi connectivity index (χ0) is 42.7. The van der Waals surface area contributed by atoms with Crippen LogP contribution >= 0.6 is 0 Å². The van der Waals surface area contributed by atoms with Crippen LogP contribution in [0.4, 0.5) is 5.69 Å². The van der Waals surface area contributed by atoms with E-state index in [2.05, 4.69) is 16.0 Å². The first-order chi connectivity index (χ1) is 28.0. The summed E-state index contributed by atoms with van der Waals surface area (Å²) in [7, 11) is -2.67. The minimum atomic E-state index is -4.19. The number of benzene rings is 4. The van der Waals surface area contributed by atoms with Gasteiger partial charge in [-0.2, -0.15) is 8.42 Å². The molecule has 0 saturated carbocycles. The van der Waals surface area contributed by atoms with Crippen molar-refractivity contribution in [2.24, 2.45) is 0 Å². The van der Waals surface area contributed by atoms with Gasteiger partial charge in [-0.25, -0.2) is 8.61 Å². The summed E-state index contributed by atoms with van der Waals surface area (Å²) in [5, 5.41) is 8.43. The lowest BCUT2D eigenvalue weighted by molar-refractivity contribution is -0.154. The van der Waals surface area contributed by atoms with E-state index in [1.807, 2.05) is 75.4 Å². The van der Waals surface area contributed by atoms with Gasteiger partial charge in [-0.15, -0.1) is 0 Å². The molecule has 2 unspecified atom stereocenters. The zero-order valence-electron chi connectivity index (χ0n) is 33.9. The number of rotatable bonds is 17. The van der Waals surface area contributed by atoms with Gasteiger partial charge in [-0.3, -0.25) is 24.0 Å². The smallest absolute Gasteiger partial charge is 0.329 e. The molecule has 1 aliphatic heterocycles. The largest absolute Gasteiger partial charge is 0.497 e. The summed E-state index contributed by atoms with van der Waals surface area (Å²) < 4.78 is 39.5. The number of carbonyl (C=O) groups is 5. The Balaban J connectivity index is 1.28. The molecule has 5 rings (SSSR count). The second-order valence-electron chi connectivity index (χ2n) is 15.3. The first kappa shape index (κ1) is 43.9. The van der Waals surface area contributed by atoms with Crippen molar-refractivity contribution in [3.8, 4) is 5.75 Å². The van der Waals surface area contributed by atoms with E-state index < -0.39 is 51.5 Å². The standard InChI is InChI=1S/C44H51N5O9S/c1-30(50)46-39(25-32-9-7-6-8-10-32)43(54)47-38(42(53)45-24-23-31-11-13-34(14-12-31)27-41(52)58-44(2,3)4)26-33-15-19-36(20-16-33)48-29-40(51)49(59(48,55)56)28-35-17-21-37(57-5)22-18-35/h6-22,38-39H,23-29H2,1-5H3,(H,45,53)(H,46,50)(H,47,54). The Bertz CT molecular complexity index is 2210. The number of hydrogen-bond acceptors (Lipinski definition) is 9. The van der Waals surface area contributed by atoms with Crippen LogP contribution in [0.15, 0.2) is 103 Å². The molecule has 59 heavy (non-hydrogen) atoms. The van der Waals surface area contributed by atoms with Gasteiger partial charge in [0.2, 0.25) is 17.7 Å². The van der Waals surface area contributed by atoms with E-state index in [1.54, 1.807) is 48.5 Å². The summed E-state index contributed by atoms with van der Waals surface area (Å²) in [6, 6.07) is 27.7. The van der Waals surface area contributed by atoms with E-state index in [4.69, 9.17) is 9.47 Å². The number of ether oxygens (including phenoxy) is 2. The molecule has 14 nitrogen and oxygen atoms in total. The van der Waals surface area contributed by atoms with Crippen LogP contribution in [0.1, 0.15) is 55.5 Å². The van der Waals surface area contributed by atoms with Crippen LogP contribution < -0.4 is 25.0 Å². The summed E-state index contributed by atoms with van der Waals surface area (Å²) in [4.78, 5) is 64.9. The molecule has 312 valence electrons. The number of amides is 4. The highest BCUT2D eigenvalue weighted by atomic mass is 32.2. The molecule has 15 heteroatoms. The second kappa shape index (κ2) is 19.5. The number of hydrogen-bond donors (Lipinski definition) is 3. The Morgan fingerprint density at radius 3 is 1.88 bits per heavy atom. The monoisotopic (exact) mass is 825 g/mol. The fraction of sp³-hybridized carbons (Fsp3) is 0.341. The number of nitrogens with zero attached hydrogens (tertiary/aromatic N) is 2. The Kier molecular flexibility index (Phi) is 14.5. The van der Waals surface area contributed by atoms with Crippen molar-refractivity contribution in [1.82, 2.24) is 20.3 Å². The molecule has 0 spiro atoms. The first-order valence-electron chi connectivity index (χ1n) is 19.2. The lowest BCUT2D eigenvalue weighted by Gasteiger charge is -2.24. The van der Waals surface area contributed by atoms with Crippen LogP contribution in [0.3, 0.4) is 0 Å². The summed E-state index contributed by atoms with van der Waals surface area (Å²) in [6.07, 6.45) is 0.826. The molecule has 4 amide bonds. The third-order valence-corrected chi connectivity index (χ3v) is 11.2. The lowest BCUT2D eigenvalue weighted by atomic mass is 10.0. The first-order valence-corrected chi connectivity index (χ1v) is 20.6. The highest BCUT2D eigenvalue weighted by Crippen LogP contribution is 2.28. The van der Waals surface area contributed by atoms with Gasteiger partial charge in [-0.1, -0.05) is 78.9 Å². The minimum Gasteiger partial charge on any atom is -0.497 e. The molecule has 4 aromatic rings. The minimum absolute atomic E-state index is 0.0324. The zero-order valence-corrected chi connectivity index (χ0v) is 34.7. The van der Waals surface area contributed by atoms with Gasteiger partial charge in [0.25, 0.3) is 5.91 Å². The number of carbonyl (C=O) groups excluding carboxylic acids is 5. The van der Waals surface area contributed by atoms with Crippen LogP contribution in [0.2, 0.25) is 0 Å². The van der Waals surface area contributed by atoms with Crippen LogP contribution in [-0.4, -0.2) is 80.2 Å². The molecule has 1 saturated heterocycles. The number of anilines is 1. The van der Waals surface area contributed by atoms with Crippen molar-refractivity contribution in [3.63, 3.8) is 0 Å². The third kappa shape index (κ3) is 12.6. The summed E-state index contributed by atoms with van der Waals surface area (Å²) in [5.41, 5.74) is 3.42. The Morgan fingerprint density at radius 2 is 1.29 bits per heavy atom. The summed E-state index contributed by atoms with van der Waals surface area (Å²) in [5.74, 6) is -1.73. The van der Waals surface area contributed by atoms with E-state index in [0.717, 1.165) is 25.3 Å². The van der Waals surface area contributed by atoms with Crippen LogP contribution in [0.5, 0.6) is 5.75 Å². The van der Waals surface area contributed by atoms with E-state index in [1.165, 1.54) is 14.0 Å². The number of nitrogens with one attached hydrogen (secondary N) is 3. The number of methoxy groups -OCH3 is 1. The molecular weight excluding hydrogens is 775 g/mol. The van der Waals surface area contributed by atoms with Crippen LogP contribution in [0.25, 0.3) is 0 Å². The molecular formula is C44H51N5O9S. The van der Waals surface area contributed by atoms with Crippen molar-refractivity contribution < 1.29 is 41.9 Å². The Morgan fingerprint density at radius 1 is 0.729 bits per heavy atom. The summed E-state index contributed by atoms with van der Waals surface area (Å²) >= 11 is 0. The van der Waals surface area contributed by atoms with Gasteiger partial charge in [0.1, 0.15) is 30.0 Å². The quantitative estimate of drug-likeness (QED) is 0.134. The van der Waals surface area contributed by atoms with E-state index >= 15 is 0 Å². The fourth-order valence-corrected chi connectivity index (χ4v) is 7.99. The Labute approximate surface area is 345 Å².